The average molecular weight is 535 g/mol. The number of hydrogen-bond acceptors (Lipinski definition) is 4. The van der Waals surface area contributed by atoms with Crippen LogP contribution in [0.4, 0.5) is 13.2 Å². The molecule has 1 atom stereocenters. The van der Waals surface area contributed by atoms with E-state index in [1.54, 1.807) is 0 Å². The summed E-state index contributed by atoms with van der Waals surface area (Å²) in [6, 6.07) is 7.49. The van der Waals surface area contributed by atoms with Gasteiger partial charge < -0.3 is 14.0 Å². The summed E-state index contributed by atoms with van der Waals surface area (Å²) in [6.07, 6.45) is -3.36. The summed E-state index contributed by atoms with van der Waals surface area (Å²) in [5.74, 6) is 0. The minimum Gasteiger partial charge on any atom is -0.351 e. The van der Waals surface area contributed by atoms with Gasteiger partial charge in [-0.2, -0.15) is 13.2 Å². The predicted octanol–water partition coefficient (Wildman–Crippen LogP) is 6.21. The minimum absolute atomic E-state index is 0.0390. The predicted molar refractivity (Wildman–Crippen MR) is 131 cm³/mol. The van der Waals surface area contributed by atoms with E-state index in [1.165, 1.54) is 15.5 Å². The molecule has 1 fully saturated rings. The SMILES string of the molecule is CC(C)(C)OCOCc1ccc(CCn2c(CN3CCCC3C(F)(F)F)c(Cl)cc(Cl)c2=O)cc1. The number of halogens is 5. The molecule has 3 rings (SSSR count). The lowest BCUT2D eigenvalue weighted by Gasteiger charge is -2.28. The Morgan fingerprint density at radius 3 is 2.34 bits per heavy atom. The van der Waals surface area contributed by atoms with Crippen molar-refractivity contribution in [3.05, 3.63) is 67.6 Å². The number of rotatable bonds is 9. The second-order valence-corrected chi connectivity index (χ2v) is 10.5. The molecule has 5 nitrogen and oxygen atoms in total. The fourth-order valence-corrected chi connectivity index (χ4v) is 4.57. The number of nitrogens with zero attached hydrogens (tertiary/aromatic N) is 2. The van der Waals surface area contributed by atoms with Crippen LogP contribution in [-0.2, 0) is 35.6 Å². The van der Waals surface area contributed by atoms with Gasteiger partial charge in [0, 0.05) is 13.1 Å². The topological polar surface area (TPSA) is 43.7 Å². The molecule has 2 heterocycles. The van der Waals surface area contributed by atoms with Gasteiger partial charge in [0.2, 0.25) is 0 Å². The fraction of sp³-hybridized carbons (Fsp3) is 0.560. The first-order valence-electron chi connectivity index (χ1n) is 11.5. The summed E-state index contributed by atoms with van der Waals surface area (Å²) in [5.41, 5.74) is 1.55. The fourth-order valence-electron chi connectivity index (χ4n) is 4.03. The van der Waals surface area contributed by atoms with Crippen molar-refractivity contribution in [2.45, 2.75) is 77.5 Å². The molecule has 35 heavy (non-hydrogen) atoms. The molecule has 1 aromatic heterocycles. The molecule has 1 aliphatic rings. The lowest BCUT2D eigenvalue weighted by Crippen LogP contribution is -2.42. The Labute approximate surface area is 213 Å². The van der Waals surface area contributed by atoms with Gasteiger partial charge in [-0.25, -0.2) is 0 Å². The summed E-state index contributed by atoms with van der Waals surface area (Å²) >= 11 is 12.4. The number of benzene rings is 1. The molecule has 0 saturated carbocycles. The van der Waals surface area contributed by atoms with Crippen molar-refractivity contribution in [1.29, 1.82) is 0 Å². The van der Waals surface area contributed by atoms with E-state index in [9.17, 15) is 18.0 Å². The lowest BCUT2D eigenvalue weighted by molar-refractivity contribution is -0.177. The number of hydrogen-bond donors (Lipinski definition) is 0. The Kier molecular flexibility index (Phi) is 9.32. The van der Waals surface area contributed by atoms with E-state index in [4.69, 9.17) is 32.7 Å². The molecule has 1 saturated heterocycles. The maximum atomic E-state index is 13.4. The largest absolute Gasteiger partial charge is 0.404 e. The van der Waals surface area contributed by atoms with E-state index >= 15 is 0 Å². The summed E-state index contributed by atoms with van der Waals surface area (Å²) in [6.45, 7) is 6.93. The summed E-state index contributed by atoms with van der Waals surface area (Å²) in [5, 5.41) is 0.130. The van der Waals surface area contributed by atoms with Crippen molar-refractivity contribution >= 4 is 23.2 Å². The highest BCUT2D eigenvalue weighted by Crippen LogP contribution is 2.34. The molecule has 1 unspecified atom stereocenters. The van der Waals surface area contributed by atoms with Crippen LogP contribution < -0.4 is 5.56 Å². The molecule has 194 valence electrons. The van der Waals surface area contributed by atoms with Gasteiger partial charge >= 0.3 is 6.18 Å². The van der Waals surface area contributed by atoms with Crippen molar-refractivity contribution in [2.75, 3.05) is 13.3 Å². The Balaban J connectivity index is 1.68. The van der Waals surface area contributed by atoms with E-state index in [0.29, 0.717) is 31.7 Å². The maximum Gasteiger partial charge on any atom is 0.404 e. The standard InChI is InChI=1S/C25H31Cl2F3N2O3/c1-24(2,3)35-16-34-15-18-8-6-17(7-9-18)10-12-32-21(19(26)13-20(27)23(32)33)14-31-11-4-5-22(31)25(28,29)30/h6-9,13,22H,4-5,10-12,14-16H2,1-3H3. The Morgan fingerprint density at radius 1 is 1.06 bits per heavy atom. The van der Waals surface area contributed by atoms with Crippen LogP contribution in [0.2, 0.25) is 10.0 Å². The highest BCUT2D eigenvalue weighted by Gasteiger charge is 2.46. The van der Waals surface area contributed by atoms with Crippen LogP contribution in [0.5, 0.6) is 0 Å². The molecule has 1 aliphatic heterocycles. The molecule has 2 aromatic rings. The van der Waals surface area contributed by atoms with Crippen LogP contribution in [0.3, 0.4) is 0 Å². The van der Waals surface area contributed by atoms with E-state index in [2.05, 4.69) is 0 Å². The van der Waals surface area contributed by atoms with Gasteiger partial charge in [0.05, 0.1) is 22.9 Å². The van der Waals surface area contributed by atoms with Crippen molar-refractivity contribution < 1.29 is 22.6 Å². The monoisotopic (exact) mass is 534 g/mol. The van der Waals surface area contributed by atoms with E-state index in [0.717, 1.165) is 11.1 Å². The summed E-state index contributed by atoms with van der Waals surface area (Å²) in [7, 11) is 0. The second kappa shape index (κ2) is 11.6. The van der Waals surface area contributed by atoms with E-state index < -0.39 is 17.8 Å². The molecule has 0 amide bonds. The zero-order valence-corrected chi connectivity index (χ0v) is 21.6. The number of aromatic nitrogens is 1. The number of alkyl halides is 3. The quantitative estimate of drug-likeness (QED) is 0.283. The molecule has 0 aliphatic carbocycles. The van der Waals surface area contributed by atoms with Crippen LogP contribution in [0.1, 0.15) is 50.4 Å². The van der Waals surface area contributed by atoms with E-state index in [-0.39, 0.29) is 41.9 Å². The van der Waals surface area contributed by atoms with Gasteiger partial charge in [-0.15, -0.1) is 0 Å². The molecule has 0 N–H and O–H groups in total. The van der Waals surface area contributed by atoms with E-state index in [1.807, 2.05) is 45.0 Å². The maximum absolute atomic E-state index is 13.4. The van der Waals surface area contributed by atoms with Crippen LogP contribution in [-0.4, -0.2) is 40.6 Å². The van der Waals surface area contributed by atoms with Crippen LogP contribution >= 0.6 is 23.2 Å². The van der Waals surface area contributed by atoms with Gasteiger partial charge in [0.25, 0.3) is 5.56 Å². The third-order valence-electron chi connectivity index (χ3n) is 5.89. The molecular formula is C25H31Cl2F3N2O3. The minimum atomic E-state index is -4.33. The third-order valence-corrected chi connectivity index (χ3v) is 6.49. The lowest BCUT2D eigenvalue weighted by atomic mass is 10.1. The first kappa shape index (κ1) is 28.0. The Hall–Kier alpha value is -1.58. The molecular weight excluding hydrogens is 504 g/mol. The van der Waals surface area contributed by atoms with Gasteiger partial charge in [-0.3, -0.25) is 9.69 Å². The Bertz CT molecular complexity index is 1050. The smallest absolute Gasteiger partial charge is 0.351 e. The highest BCUT2D eigenvalue weighted by molar-refractivity contribution is 6.34. The van der Waals surface area contributed by atoms with Crippen molar-refractivity contribution in [3.63, 3.8) is 0 Å². The first-order valence-corrected chi connectivity index (χ1v) is 12.3. The summed E-state index contributed by atoms with van der Waals surface area (Å²) < 4.78 is 52.8. The van der Waals surface area contributed by atoms with Gasteiger partial charge in [0.1, 0.15) is 17.9 Å². The van der Waals surface area contributed by atoms with Gasteiger partial charge in [-0.1, -0.05) is 47.5 Å². The van der Waals surface area contributed by atoms with Crippen LogP contribution in [0.15, 0.2) is 35.1 Å². The zero-order valence-electron chi connectivity index (χ0n) is 20.1. The van der Waals surface area contributed by atoms with Gasteiger partial charge in [0.15, 0.2) is 0 Å². The molecule has 0 spiro atoms. The van der Waals surface area contributed by atoms with Crippen LogP contribution in [0.25, 0.3) is 0 Å². The second-order valence-electron chi connectivity index (χ2n) is 9.70. The van der Waals surface area contributed by atoms with Crippen molar-refractivity contribution in [2.24, 2.45) is 0 Å². The first-order chi connectivity index (χ1) is 16.3. The van der Waals surface area contributed by atoms with Gasteiger partial charge in [-0.05, 0) is 63.8 Å². The van der Waals surface area contributed by atoms with Crippen molar-refractivity contribution in [1.82, 2.24) is 9.47 Å². The molecule has 0 bridgehead atoms. The Morgan fingerprint density at radius 2 is 1.71 bits per heavy atom. The summed E-state index contributed by atoms with van der Waals surface area (Å²) in [4.78, 5) is 14.1. The normalized spacial score (nSPS) is 17.3. The number of aryl methyl sites for hydroxylation is 1. The third kappa shape index (κ3) is 7.95. The zero-order chi connectivity index (χ0) is 25.8. The number of likely N-dealkylation sites (tertiary alicyclic amines) is 1. The number of ether oxygens (including phenoxy) is 2. The molecule has 1 aromatic carbocycles. The molecule has 0 radical (unpaired) electrons. The van der Waals surface area contributed by atoms with Crippen LogP contribution in [0, 0.1) is 0 Å². The number of pyridine rings is 1. The highest BCUT2D eigenvalue weighted by atomic mass is 35.5. The average Bonchev–Trinajstić information content (AvgIpc) is 3.24. The molecule has 10 heteroatoms. The van der Waals surface area contributed by atoms with Crippen molar-refractivity contribution in [3.8, 4) is 0 Å².